The van der Waals surface area contributed by atoms with Crippen molar-refractivity contribution in [3.05, 3.63) is 41.5 Å². The summed E-state index contributed by atoms with van der Waals surface area (Å²) in [4.78, 5) is 11.7. The largest absolute Gasteiger partial charge is 0.349 e. The highest BCUT2D eigenvalue weighted by Gasteiger charge is 2.10. The molecule has 1 rings (SSSR count). The van der Waals surface area contributed by atoms with E-state index in [1.54, 1.807) is 6.08 Å². The van der Waals surface area contributed by atoms with Crippen molar-refractivity contribution >= 4 is 12.0 Å². The molecule has 0 aliphatic heterocycles. The molecule has 0 aromatic heterocycles. The standard InChI is InChI=1S/C14H16N2O/c1-3-11(2)16-14(17)13(10-15)9-12-7-5-4-6-8-12/h4-9,11H,3H2,1-2H3,(H,16,17)/b13-9+/t11-/m0/s1. The highest BCUT2D eigenvalue weighted by atomic mass is 16.1. The molecule has 0 heterocycles. The van der Waals surface area contributed by atoms with Gasteiger partial charge in [0.15, 0.2) is 0 Å². The third kappa shape index (κ3) is 4.12. The third-order valence-corrected chi connectivity index (χ3v) is 2.47. The Hall–Kier alpha value is -2.08. The van der Waals surface area contributed by atoms with Crippen LogP contribution < -0.4 is 5.32 Å². The van der Waals surface area contributed by atoms with Gasteiger partial charge in [-0.1, -0.05) is 37.3 Å². The van der Waals surface area contributed by atoms with Gasteiger partial charge in [0.25, 0.3) is 5.91 Å². The van der Waals surface area contributed by atoms with E-state index in [1.165, 1.54) is 0 Å². The number of hydrogen-bond acceptors (Lipinski definition) is 2. The second-order valence-electron chi connectivity index (χ2n) is 3.86. The molecule has 1 aromatic carbocycles. The average Bonchev–Trinajstić information content (AvgIpc) is 2.36. The van der Waals surface area contributed by atoms with Crippen LogP contribution in [0, 0.1) is 11.3 Å². The molecule has 0 bridgehead atoms. The van der Waals surface area contributed by atoms with E-state index in [1.807, 2.05) is 50.2 Å². The summed E-state index contributed by atoms with van der Waals surface area (Å²) in [5.41, 5.74) is 0.986. The first-order valence-corrected chi connectivity index (χ1v) is 5.65. The molecule has 17 heavy (non-hydrogen) atoms. The minimum Gasteiger partial charge on any atom is -0.349 e. The third-order valence-electron chi connectivity index (χ3n) is 2.47. The predicted octanol–water partition coefficient (Wildman–Crippen LogP) is 2.51. The van der Waals surface area contributed by atoms with Gasteiger partial charge < -0.3 is 5.32 Å². The Morgan fingerprint density at radius 2 is 2.12 bits per heavy atom. The van der Waals surface area contributed by atoms with Gasteiger partial charge in [0, 0.05) is 6.04 Å². The molecular formula is C14H16N2O. The van der Waals surface area contributed by atoms with Gasteiger partial charge in [-0.25, -0.2) is 0 Å². The molecule has 0 saturated carbocycles. The number of amides is 1. The zero-order chi connectivity index (χ0) is 12.7. The summed E-state index contributed by atoms with van der Waals surface area (Å²) in [6.45, 7) is 3.90. The predicted molar refractivity (Wildman–Crippen MR) is 67.9 cm³/mol. The lowest BCUT2D eigenvalue weighted by atomic mass is 10.1. The molecule has 0 aliphatic carbocycles. The van der Waals surface area contributed by atoms with Crippen LogP contribution in [0.5, 0.6) is 0 Å². The number of nitriles is 1. The number of nitrogens with zero attached hydrogens (tertiary/aromatic N) is 1. The number of carbonyl (C=O) groups is 1. The van der Waals surface area contributed by atoms with Crippen LogP contribution in [0.2, 0.25) is 0 Å². The van der Waals surface area contributed by atoms with Crippen molar-refractivity contribution in [1.82, 2.24) is 5.32 Å². The normalized spacial score (nSPS) is 12.6. The molecule has 0 fully saturated rings. The Morgan fingerprint density at radius 1 is 1.47 bits per heavy atom. The number of rotatable bonds is 4. The molecular weight excluding hydrogens is 212 g/mol. The van der Waals surface area contributed by atoms with Gasteiger partial charge in [-0.3, -0.25) is 4.79 Å². The van der Waals surface area contributed by atoms with E-state index in [4.69, 9.17) is 5.26 Å². The molecule has 1 atom stereocenters. The molecule has 1 aromatic rings. The highest BCUT2D eigenvalue weighted by Crippen LogP contribution is 2.06. The van der Waals surface area contributed by atoms with Crippen molar-refractivity contribution in [2.24, 2.45) is 0 Å². The van der Waals surface area contributed by atoms with Crippen molar-refractivity contribution in [3.63, 3.8) is 0 Å². The lowest BCUT2D eigenvalue weighted by Crippen LogP contribution is -2.32. The van der Waals surface area contributed by atoms with Crippen molar-refractivity contribution in [2.75, 3.05) is 0 Å². The van der Waals surface area contributed by atoms with Gasteiger partial charge in [-0.15, -0.1) is 0 Å². The van der Waals surface area contributed by atoms with Gasteiger partial charge >= 0.3 is 0 Å². The van der Waals surface area contributed by atoms with E-state index in [0.717, 1.165) is 12.0 Å². The molecule has 1 N–H and O–H groups in total. The summed E-state index contributed by atoms with van der Waals surface area (Å²) in [7, 11) is 0. The summed E-state index contributed by atoms with van der Waals surface area (Å²) in [5, 5.41) is 11.7. The zero-order valence-corrected chi connectivity index (χ0v) is 10.1. The quantitative estimate of drug-likeness (QED) is 0.636. The SMILES string of the molecule is CC[C@H](C)NC(=O)/C(C#N)=C/c1ccccc1. The number of benzene rings is 1. The molecule has 1 amide bonds. The second kappa shape index (κ2) is 6.49. The van der Waals surface area contributed by atoms with E-state index in [9.17, 15) is 4.79 Å². The Balaban J connectivity index is 2.82. The van der Waals surface area contributed by atoms with Gasteiger partial charge in [0.05, 0.1) is 0 Å². The maximum Gasteiger partial charge on any atom is 0.262 e. The topological polar surface area (TPSA) is 52.9 Å². The van der Waals surface area contributed by atoms with E-state index >= 15 is 0 Å². The van der Waals surface area contributed by atoms with Crippen LogP contribution in [0.4, 0.5) is 0 Å². The minimum absolute atomic E-state index is 0.0787. The summed E-state index contributed by atoms with van der Waals surface area (Å²) in [5.74, 6) is -0.314. The summed E-state index contributed by atoms with van der Waals surface area (Å²) in [6.07, 6.45) is 2.44. The maximum absolute atomic E-state index is 11.7. The summed E-state index contributed by atoms with van der Waals surface area (Å²) >= 11 is 0. The number of nitrogens with one attached hydrogen (secondary N) is 1. The van der Waals surface area contributed by atoms with E-state index in [0.29, 0.717) is 0 Å². The van der Waals surface area contributed by atoms with Crippen molar-refractivity contribution in [3.8, 4) is 6.07 Å². The fourth-order valence-electron chi connectivity index (χ4n) is 1.27. The zero-order valence-electron chi connectivity index (χ0n) is 10.1. The first kappa shape index (κ1) is 13.0. The second-order valence-corrected chi connectivity index (χ2v) is 3.86. The Bertz CT molecular complexity index is 443. The maximum atomic E-state index is 11.7. The molecule has 3 heteroatoms. The average molecular weight is 228 g/mol. The Morgan fingerprint density at radius 3 is 2.65 bits per heavy atom. The first-order chi connectivity index (χ1) is 8.17. The highest BCUT2D eigenvalue weighted by molar-refractivity contribution is 6.01. The van der Waals surface area contributed by atoms with Gasteiger partial charge in [-0.2, -0.15) is 5.26 Å². The van der Waals surface area contributed by atoms with Gasteiger partial charge in [-0.05, 0) is 25.0 Å². The monoisotopic (exact) mass is 228 g/mol. The lowest BCUT2D eigenvalue weighted by molar-refractivity contribution is -0.117. The molecule has 88 valence electrons. The van der Waals surface area contributed by atoms with Crippen molar-refractivity contribution < 1.29 is 4.79 Å². The van der Waals surface area contributed by atoms with Crippen LogP contribution in [0.1, 0.15) is 25.8 Å². The van der Waals surface area contributed by atoms with Crippen LogP contribution in [0.15, 0.2) is 35.9 Å². The van der Waals surface area contributed by atoms with E-state index in [2.05, 4.69) is 5.32 Å². The molecule has 0 aliphatic rings. The Labute approximate surface area is 102 Å². The minimum atomic E-state index is -0.314. The molecule has 0 radical (unpaired) electrons. The van der Waals surface area contributed by atoms with Crippen molar-refractivity contribution in [1.29, 1.82) is 5.26 Å². The lowest BCUT2D eigenvalue weighted by Gasteiger charge is -2.10. The first-order valence-electron chi connectivity index (χ1n) is 5.65. The van der Waals surface area contributed by atoms with E-state index in [-0.39, 0.29) is 17.5 Å². The molecule has 0 saturated heterocycles. The number of hydrogen-bond donors (Lipinski definition) is 1. The van der Waals surface area contributed by atoms with Gasteiger partial charge in [0.1, 0.15) is 11.6 Å². The summed E-state index contributed by atoms with van der Waals surface area (Å²) in [6, 6.07) is 11.3. The smallest absolute Gasteiger partial charge is 0.262 e. The molecule has 0 unspecified atom stereocenters. The van der Waals surface area contributed by atoms with Crippen LogP contribution in [-0.2, 0) is 4.79 Å². The van der Waals surface area contributed by atoms with E-state index < -0.39 is 0 Å². The molecule has 3 nitrogen and oxygen atoms in total. The number of carbonyl (C=O) groups excluding carboxylic acids is 1. The van der Waals surface area contributed by atoms with Gasteiger partial charge in [0.2, 0.25) is 0 Å². The summed E-state index contributed by atoms with van der Waals surface area (Å²) < 4.78 is 0. The van der Waals surface area contributed by atoms with Crippen LogP contribution in [0.25, 0.3) is 6.08 Å². The van der Waals surface area contributed by atoms with Crippen LogP contribution >= 0.6 is 0 Å². The molecule has 0 spiro atoms. The van der Waals surface area contributed by atoms with Crippen LogP contribution in [0.3, 0.4) is 0 Å². The van der Waals surface area contributed by atoms with Crippen molar-refractivity contribution in [2.45, 2.75) is 26.3 Å². The fraction of sp³-hybridized carbons (Fsp3) is 0.286. The Kier molecular flexibility index (Phi) is 4.96. The fourth-order valence-corrected chi connectivity index (χ4v) is 1.27. The van der Waals surface area contributed by atoms with Crippen LogP contribution in [-0.4, -0.2) is 11.9 Å².